The standard InChI is InChI=1S/C10H19NO5.C7H6/c1-10(2,3)16-9(15)11-7(8(13)14)5-4-6-12;1-2-4-7-5-6(7)3-1/h7,12H,4-6H2,1-3H3,(H,11,15)(H,13,14);1-4H,5H2. The topological polar surface area (TPSA) is 95.9 Å². The molecule has 2 rings (SSSR count). The van der Waals surface area contributed by atoms with Crippen molar-refractivity contribution in [2.75, 3.05) is 6.61 Å². The van der Waals surface area contributed by atoms with Gasteiger partial charge in [-0.25, -0.2) is 9.59 Å². The van der Waals surface area contributed by atoms with E-state index in [1.165, 1.54) is 17.5 Å². The van der Waals surface area contributed by atoms with Crippen LogP contribution < -0.4 is 5.32 Å². The molecule has 0 aliphatic heterocycles. The molecule has 0 saturated heterocycles. The summed E-state index contributed by atoms with van der Waals surface area (Å²) in [6.07, 6.45) is 0.961. The molecule has 1 aliphatic rings. The first kappa shape index (κ1) is 19.0. The lowest BCUT2D eigenvalue weighted by Gasteiger charge is -2.21. The Morgan fingerprint density at radius 1 is 1.26 bits per heavy atom. The van der Waals surface area contributed by atoms with Gasteiger partial charge >= 0.3 is 12.1 Å². The van der Waals surface area contributed by atoms with Gasteiger partial charge in [0.05, 0.1) is 0 Å². The summed E-state index contributed by atoms with van der Waals surface area (Å²) >= 11 is 0. The van der Waals surface area contributed by atoms with Crippen molar-refractivity contribution in [1.29, 1.82) is 0 Å². The first-order chi connectivity index (χ1) is 10.7. The van der Waals surface area contributed by atoms with Crippen LogP contribution in [0.25, 0.3) is 0 Å². The maximum atomic E-state index is 11.3. The van der Waals surface area contributed by atoms with Crippen LogP contribution in [0.4, 0.5) is 4.79 Å². The molecule has 1 aromatic rings. The van der Waals surface area contributed by atoms with Crippen LogP contribution in [0.15, 0.2) is 24.3 Å². The Morgan fingerprint density at radius 2 is 1.83 bits per heavy atom. The third kappa shape index (κ3) is 8.21. The van der Waals surface area contributed by atoms with E-state index in [1.54, 1.807) is 20.8 Å². The highest BCUT2D eigenvalue weighted by atomic mass is 16.6. The minimum absolute atomic E-state index is 0.111. The number of carboxylic acids is 1. The number of alkyl carbamates (subject to hydrolysis) is 1. The quantitative estimate of drug-likeness (QED) is 0.785. The van der Waals surface area contributed by atoms with Gasteiger partial charge in [-0.3, -0.25) is 0 Å². The van der Waals surface area contributed by atoms with E-state index < -0.39 is 23.7 Å². The molecule has 23 heavy (non-hydrogen) atoms. The number of carboxylic acid groups (broad SMARTS) is 1. The smallest absolute Gasteiger partial charge is 0.408 e. The van der Waals surface area contributed by atoms with Gasteiger partial charge in [0.2, 0.25) is 0 Å². The normalized spacial score (nSPS) is 13.0. The first-order valence-corrected chi connectivity index (χ1v) is 7.63. The van der Waals surface area contributed by atoms with Gasteiger partial charge in [-0.05, 0) is 51.2 Å². The minimum Gasteiger partial charge on any atom is -0.480 e. The number of nitrogens with one attached hydrogen (secondary N) is 1. The summed E-state index contributed by atoms with van der Waals surface area (Å²) in [4.78, 5) is 22.0. The molecule has 1 unspecified atom stereocenters. The average Bonchev–Trinajstić information content (AvgIpc) is 3.21. The van der Waals surface area contributed by atoms with E-state index in [1.807, 2.05) is 0 Å². The Morgan fingerprint density at radius 3 is 2.22 bits per heavy atom. The molecule has 128 valence electrons. The third-order valence-corrected chi connectivity index (χ3v) is 3.01. The molecule has 0 spiro atoms. The second-order valence-corrected chi connectivity index (χ2v) is 6.35. The van der Waals surface area contributed by atoms with Gasteiger partial charge in [0.1, 0.15) is 11.6 Å². The maximum Gasteiger partial charge on any atom is 0.408 e. The van der Waals surface area contributed by atoms with Gasteiger partial charge in [0.25, 0.3) is 0 Å². The average molecular weight is 323 g/mol. The number of fused-ring (bicyclic) bond motifs is 1. The second-order valence-electron chi connectivity index (χ2n) is 6.35. The molecule has 1 atom stereocenters. The van der Waals surface area contributed by atoms with Crippen LogP contribution in [-0.4, -0.2) is 40.5 Å². The summed E-state index contributed by atoms with van der Waals surface area (Å²) < 4.78 is 4.92. The Balaban J connectivity index is 0.000000304. The van der Waals surface area contributed by atoms with E-state index in [0.717, 1.165) is 0 Å². The van der Waals surface area contributed by atoms with Crippen molar-refractivity contribution in [3.05, 3.63) is 35.4 Å². The van der Waals surface area contributed by atoms with Crippen molar-refractivity contribution in [3.63, 3.8) is 0 Å². The molecule has 0 aromatic heterocycles. The number of aliphatic carboxylic acids is 1. The van der Waals surface area contributed by atoms with Crippen LogP contribution in [0, 0.1) is 0 Å². The number of aliphatic hydroxyl groups is 1. The van der Waals surface area contributed by atoms with Crippen LogP contribution in [0.1, 0.15) is 44.7 Å². The summed E-state index contributed by atoms with van der Waals surface area (Å²) in [5.74, 6) is -1.14. The second kappa shape index (κ2) is 8.53. The van der Waals surface area contributed by atoms with E-state index in [-0.39, 0.29) is 13.0 Å². The molecular weight excluding hydrogens is 298 g/mol. The van der Waals surface area contributed by atoms with Crippen molar-refractivity contribution < 1.29 is 24.5 Å². The van der Waals surface area contributed by atoms with E-state index in [4.69, 9.17) is 14.9 Å². The summed E-state index contributed by atoms with van der Waals surface area (Å²) in [6.45, 7) is 4.96. The Kier molecular flexibility index (Phi) is 7.03. The molecule has 0 saturated carbocycles. The predicted molar refractivity (Wildman–Crippen MR) is 86.4 cm³/mol. The van der Waals surface area contributed by atoms with Crippen LogP contribution in [-0.2, 0) is 16.0 Å². The van der Waals surface area contributed by atoms with Crippen molar-refractivity contribution >= 4 is 12.1 Å². The lowest BCUT2D eigenvalue weighted by molar-refractivity contribution is -0.139. The zero-order valence-electron chi connectivity index (χ0n) is 13.8. The van der Waals surface area contributed by atoms with E-state index in [9.17, 15) is 9.59 Å². The summed E-state index contributed by atoms with van der Waals surface area (Å²) in [5, 5.41) is 19.6. The Hall–Kier alpha value is -2.08. The highest BCUT2D eigenvalue weighted by Crippen LogP contribution is 2.25. The summed E-state index contributed by atoms with van der Waals surface area (Å²) in [7, 11) is 0. The fraction of sp³-hybridized carbons (Fsp3) is 0.529. The molecule has 3 N–H and O–H groups in total. The summed E-state index contributed by atoms with van der Waals surface area (Å²) in [6, 6.07) is 7.50. The number of rotatable bonds is 5. The lowest BCUT2D eigenvalue weighted by atomic mass is 10.1. The number of carbonyl (C=O) groups excluding carboxylic acids is 1. The van der Waals surface area contributed by atoms with Crippen LogP contribution >= 0.6 is 0 Å². The van der Waals surface area contributed by atoms with Crippen LogP contribution in [0.2, 0.25) is 0 Å². The molecule has 6 nitrogen and oxygen atoms in total. The van der Waals surface area contributed by atoms with Crippen LogP contribution in [0.3, 0.4) is 0 Å². The lowest BCUT2D eigenvalue weighted by Crippen LogP contribution is -2.43. The highest BCUT2D eigenvalue weighted by molar-refractivity contribution is 5.79. The Labute approximate surface area is 136 Å². The largest absolute Gasteiger partial charge is 0.480 e. The molecule has 0 fully saturated rings. The van der Waals surface area contributed by atoms with Gasteiger partial charge in [0.15, 0.2) is 0 Å². The number of aliphatic hydroxyl groups excluding tert-OH is 1. The molecule has 0 bridgehead atoms. The monoisotopic (exact) mass is 323 g/mol. The van der Waals surface area contributed by atoms with Gasteiger partial charge in [0, 0.05) is 6.61 Å². The third-order valence-electron chi connectivity index (χ3n) is 3.01. The first-order valence-electron chi connectivity index (χ1n) is 7.63. The van der Waals surface area contributed by atoms with Gasteiger partial charge in [-0.2, -0.15) is 0 Å². The van der Waals surface area contributed by atoms with Crippen molar-refractivity contribution in [2.24, 2.45) is 0 Å². The van der Waals surface area contributed by atoms with Gasteiger partial charge in [-0.15, -0.1) is 0 Å². The number of carbonyl (C=O) groups is 2. The molecule has 1 aliphatic carbocycles. The molecular formula is C17H25NO5. The number of benzene rings is 1. The van der Waals surface area contributed by atoms with Crippen LogP contribution in [0.5, 0.6) is 0 Å². The van der Waals surface area contributed by atoms with Gasteiger partial charge < -0.3 is 20.3 Å². The molecule has 0 heterocycles. The Bertz CT molecular complexity index is 515. The molecule has 6 heteroatoms. The zero-order chi connectivity index (χ0) is 17.5. The number of hydrogen-bond acceptors (Lipinski definition) is 4. The van der Waals surface area contributed by atoms with Gasteiger partial charge in [-0.1, -0.05) is 24.3 Å². The van der Waals surface area contributed by atoms with Crippen molar-refractivity contribution in [2.45, 2.75) is 51.7 Å². The van der Waals surface area contributed by atoms with E-state index >= 15 is 0 Å². The number of ether oxygens (including phenoxy) is 1. The van der Waals surface area contributed by atoms with E-state index in [2.05, 4.69) is 29.6 Å². The SMILES string of the molecule is CC(C)(C)OC(=O)NC(CCCO)C(=O)O.c1ccc2c(c1)C2. The zero-order valence-corrected chi connectivity index (χ0v) is 13.8. The maximum absolute atomic E-state index is 11.3. The minimum atomic E-state index is -1.14. The number of amides is 1. The summed E-state index contributed by atoms with van der Waals surface area (Å²) in [5.41, 5.74) is 2.40. The molecule has 1 amide bonds. The number of hydrogen-bond donors (Lipinski definition) is 3. The van der Waals surface area contributed by atoms with Crippen molar-refractivity contribution in [3.8, 4) is 0 Å². The van der Waals surface area contributed by atoms with E-state index in [0.29, 0.717) is 6.42 Å². The van der Waals surface area contributed by atoms with Crippen molar-refractivity contribution in [1.82, 2.24) is 5.32 Å². The fourth-order valence-electron chi connectivity index (χ4n) is 1.84. The fourth-order valence-corrected chi connectivity index (χ4v) is 1.84. The molecule has 0 radical (unpaired) electrons. The highest BCUT2D eigenvalue weighted by Gasteiger charge is 2.23. The molecule has 1 aromatic carbocycles. The predicted octanol–water partition coefficient (Wildman–Crippen LogP) is 2.33.